The maximum atomic E-state index is 12.8. The molecule has 1 aliphatic carbocycles. The molecule has 2 aromatic rings. The fraction of sp³-hybridized carbons (Fsp3) is 0.353. The second-order valence-corrected chi connectivity index (χ2v) is 6.85. The second-order valence-electron chi connectivity index (χ2n) is 5.71. The lowest BCUT2D eigenvalue weighted by Crippen LogP contribution is -2.10. The number of nitrogens with two attached hydrogens (primary N) is 1. The zero-order valence-electron chi connectivity index (χ0n) is 12.4. The molecule has 0 atom stereocenters. The third kappa shape index (κ3) is 3.13. The highest BCUT2D eigenvalue weighted by molar-refractivity contribution is 7.16. The van der Waals surface area contributed by atoms with E-state index in [1.807, 2.05) is 0 Å². The van der Waals surface area contributed by atoms with E-state index in [1.165, 1.54) is 23.5 Å². The molecule has 0 radical (unpaired) electrons. The van der Waals surface area contributed by atoms with Gasteiger partial charge in [-0.15, -0.1) is 11.3 Å². The summed E-state index contributed by atoms with van der Waals surface area (Å²) in [6.45, 7) is 0. The van der Waals surface area contributed by atoms with Crippen LogP contribution in [0.1, 0.15) is 51.2 Å². The number of hydrogen-bond donors (Lipinski definition) is 1. The Kier molecular flexibility index (Phi) is 4.19. The summed E-state index contributed by atoms with van der Waals surface area (Å²) >= 11 is 1.40. The average molecular weight is 339 g/mol. The average Bonchev–Trinajstić information content (AvgIpc) is 2.67. The summed E-state index contributed by atoms with van der Waals surface area (Å²) in [5, 5.41) is 0.416. The quantitative estimate of drug-likeness (QED) is 0.628. The van der Waals surface area contributed by atoms with Crippen molar-refractivity contribution in [3.63, 3.8) is 0 Å². The monoisotopic (exact) mass is 339 g/mol. The summed E-state index contributed by atoms with van der Waals surface area (Å²) in [6.07, 6.45) is 0.325. The molecule has 3 rings (SSSR count). The molecule has 1 aliphatic rings. The van der Waals surface area contributed by atoms with E-state index < -0.39 is 17.5 Å². The third-order valence-electron chi connectivity index (χ3n) is 4.13. The Hall–Kier alpha value is -1.82. The van der Waals surface area contributed by atoms with E-state index in [4.69, 9.17) is 5.73 Å². The fourth-order valence-corrected chi connectivity index (χ4v) is 4.15. The van der Waals surface area contributed by atoms with Gasteiger partial charge >= 0.3 is 6.18 Å². The lowest BCUT2D eigenvalue weighted by molar-refractivity contribution is -0.137. The van der Waals surface area contributed by atoms with Gasteiger partial charge in [-0.05, 0) is 43.4 Å². The van der Waals surface area contributed by atoms with Crippen LogP contribution in [-0.2, 0) is 19.0 Å². The number of benzene rings is 1. The molecule has 0 spiro atoms. The van der Waals surface area contributed by atoms with E-state index in [0.717, 1.165) is 54.7 Å². The van der Waals surface area contributed by atoms with Crippen molar-refractivity contribution < 1.29 is 18.0 Å². The number of thiophene rings is 1. The molecular formula is C17H16F3NOS. The van der Waals surface area contributed by atoms with Crippen molar-refractivity contribution in [3.8, 4) is 0 Å². The van der Waals surface area contributed by atoms with Crippen LogP contribution in [0.4, 0.5) is 18.2 Å². The predicted molar refractivity (Wildman–Crippen MR) is 84.9 cm³/mol. The molecule has 2 N–H and O–H groups in total. The standard InChI is InChI=1S/C17H16F3NOS/c18-17(19,20)11-6-4-5-10(9-11)15(22)14-12-7-2-1-3-8-13(12)23-16(14)21/h4-6,9H,1-3,7-8,21H2. The zero-order valence-corrected chi connectivity index (χ0v) is 13.2. The molecule has 122 valence electrons. The number of anilines is 1. The topological polar surface area (TPSA) is 43.1 Å². The van der Waals surface area contributed by atoms with Gasteiger partial charge in [0.05, 0.1) is 16.1 Å². The largest absolute Gasteiger partial charge is 0.416 e. The Morgan fingerprint density at radius 1 is 1.13 bits per heavy atom. The molecule has 1 aromatic heterocycles. The Bertz CT molecular complexity index is 749. The van der Waals surface area contributed by atoms with E-state index in [9.17, 15) is 18.0 Å². The summed E-state index contributed by atoms with van der Waals surface area (Å²) in [5.41, 5.74) is 6.58. The van der Waals surface area contributed by atoms with Crippen molar-refractivity contribution in [3.05, 3.63) is 51.4 Å². The van der Waals surface area contributed by atoms with Gasteiger partial charge in [0.1, 0.15) is 0 Å². The van der Waals surface area contributed by atoms with E-state index in [-0.39, 0.29) is 5.56 Å². The van der Waals surface area contributed by atoms with Crippen LogP contribution in [0, 0.1) is 0 Å². The highest BCUT2D eigenvalue weighted by atomic mass is 32.1. The van der Waals surface area contributed by atoms with E-state index in [2.05, 4.69) is 0 Å². The minimum Gasteiger partial charge on any atom is -0.390 e. The van der Waals surface area contributed by atoms with Crippen LogP contribution < -0.4 is 5.73 Å². The smallest absolute Gasteiger partial charge is 0.390 e. The lowest BCUT2D eigenvalue weighted by atomic mass is 9.96. The molecule has 1 aromatic carbocycles. The van der Waals surface area contributed by atoms with E-state index >= 15 is 0 Å². The van der Waals surface area contributed by atoms with Gasteiger partial charge in [-0.3, -0.25) is 4.79 Å². The Morgan fingerprint density at radius 3 is 2.61 bits per heavy atom. The van der Waals surface area contributed by atoms with Gasteiger partial charge in [0.25, 0.3) is 0 Å². The fourth-order valence-electron chi connectivity index (χ4n) is 2.99. The second kappa shape index (κ2) is 6.00. The first-order valence-electron chi connectivity index (χ1n) is 7.50. The Labute approximate surface area is 136 Å². The molecule has 2 nitrogen and oxygen atoms in total. The summed E-state index contributed by atoms with van der Waals surface area (Å²) in [4.78, 5) is 13.9. The van der Waals surface area contributed by atoms with Crippen molar-refractivity contribution in [2.75, 3.05) is 5.73 Å². The number of carbonyl (C=O) groups excluding carboxylic acids is 1. The van der Waals surface area contributed by atoms with Crippen LogP contribution >= 0.6 is 11.3 Å². The molecule has 0 aliphatic heterocycles. The van der Waals surface area contributed by atoms with Gasteiger partial charge in [0.2, 0.25) is 0 Å². The molecular weight excluding hydrogens is 323 g/mol. The highest BCUT2D eigenvalue weighted by Crippen LogP contribution is 2.37. The van der Waals surface area contributed by atoms with Gasteiger partial charge in [-0.2, -0.15) is 13.2 Å². The first kappa shape index (κ1) is 16.1. The maximum Gasteiger partial charge on any atom is 0.416 e. The number of nitrogen functional groups attached to an aromatic ring is 1. The van der Waals surface area contributed by atoms with Crippen LogP contribution in [0.3, 0.4) is 0 Å². The summed E-state index contributed by atoms with van der Waals surface area (Å²) in [5.74, 6) is -0.409. The molecule has 1 heterocycles. The number of fused-ring (bicyclic) bond motifs is 1. The summed E-state index contributed by atoms with van der Waals surface area (Å²) < 4.78 is 38.5. The normalized spacial score (nSPS) is 15.1. The molecule has 23 heavy (non-hydrogen) atoms. The number of aryl methyl sites for hydroxylation is 1. The van der Waals surface area contributed by atoms with Gasteiger partial charge in [-0.1, -0.05) is 18.6 Å². The van der Waals surface area contributed by atoms with Crippen molar-refractivity contribution in [1.82, 2.24) is 0 Å². The third-order valence-corrected chi connectivity index (χ3v) is 5.25. The molecule has 0 saturated heterocycles. The minimum atomic E-state index is -4.46. The minimum absolute atomic E-state index is 0.0383. The first-order chi connectivity index (χ1) is 10.9. The summed E-state index contributed by atoms with van der Waals surface area (Å²) in [6, 6.07) is 4.55. The molecule has 0 saturated carbocycles. The molecule has 0 unspecified atom stereocenters. The van der Waals surface area contributed by atoms with E-state index in [0.29, 0.717) is 10.6 Å². The van der Waals surface area contributed by atoms with Crippen LogP contribution in [0.15, 0.2) is 24.3 Å². The summed E-state index contributed by atoms with van der Waals surface area (Å²) in [7, 11) is 0. The Balaban J connectivity index is 2.03. The van der Waals surface area contributed by atoms with Crippen LogP contribution in [0.2, 0.25) is 0 Å². The highest BCUT2D eigenvalue weighted by Gasteiger charge is 2.32. The number of carbonyl (C=O) groups is 1. The number of alkyl halides is 3. The van der Waals surface area contributed by atoms with Crippen LogP contribution in [0.25, 0.3) is 0 Å². The zero-order chi connectivity index (χ0) is 16.6. The number of halogens is 3. The SMILES string of the molecule is Nc1sc2c(c1C(=O)c1cccc(C(F)(F)F)c1)CCCCC2. The van der Waals surface area contributed by atoms with Crippen LogP contribution in [0.5, 0.6) is 0 Å². The number of rotatable bonds is 2. The Morgan fingerprint density at radius 2 is 1.87 bits per heavy atom. The van der Waals surface area contributed by atoms with Gasteiger partial charge in [0, 0.05) is 10.4 Å². The van der Waals surface area contributed by atoms with Crippen LogP contribution in [-0.4, -0.2) is 5.78 Å². The van der Waals surface area contributed by atoms with Crippen molar-refractivity contribution in [1.29, 1.82) is 0 Å². The number of ketones is 1. The van der Waals surface area contributed by atoms with Gasteiger partial charge in [-0.25, -0.2) is 0 Å². The first-order valence-corrected chi connectivity index (χ1v) is 8.31. The van der Waals surface area contributed by atoms with Crippen molar-refractivity contribution in [2.45, 2.75) is 38.3 Å². The van der Waals surface area contributed by atoms with E-state index in [1.54, 1.807) is 0 Å². The molecule has 0 fully saturated rings. The molecule has 6 heteroatoms. The predicted octanol–water partition coefficient (Wildman–Crippen LogP) is 4.85. The van der Waals surface area contributed by atoms with Crippen molar-refractivity contribution >= 4 is 22.1 Å². The maximum absolute atomic E-state index is 12.8. The lowest BCUT2D eigenvalue weighted by Gasteiger charge is -2.09. The molecule has 0 amide bonds. The van der Waals surface area contributed by atoms with Gasteiger partial charge in [0.15, 0.2) is 5.78 Å². The molecule has 0 bridgehead atoms. The van der Waals surface area contributed by atoms with Gasteiger partial charge < -0.3 is 5.73 Å². The number of hydrogen-bond acceptors (Lipinski definition) is 3. The van der Waals surface area contributed by atoms with Crippen molar-refractivity contribution in [2.24, 2.45) is 0 Å².